The van der Waals surface area contributed by atoms with Crippen LogP contribution in [0.2, 0.25) is 0 Å². The summed E-state index contributed by atoms with van der Waals surface area (Å²) in [6.07, 6.45) is -0.744. The van der Waals surface area contributed by atoms with Crippen molar-refractivity contribution >= 4 is 17.4 Å². The van der Waals surface area contributed by atoms with Gasteiger partial charge in [0, 0.05) is 32.0 Å². The Hall–Kier alpha value is -2.53. The molecule has 0 spiro atoms. The van der Waals surface area contributed by atoms with E-state index in [1.54, 1.807) is 0 Å². The van der Waals surface area contributed by atoms with Crippen molar-refractivity contribution in [1.29, 1.82) is 0 Å². The van der Waals surface area contributed by atoms with E-state index in [2.05, 4.69) is 10.6 Å². The second kappa shape index (κ2) is 7.84. The molecular weight excluding hydrogens is 302 g/mol. The molecule has 0 bridgehead atoms. The summed E-state index contributed by atoms with van der Waals surface area (Å²) in [5.74, 6) is 0. The van der Waals surface area contributed by atoms with Crippen LogP contribution in [0.5, 0.6) is 0 Å². The fourth-order valence-electron chi connectivity index (χ4n) is 2.30. The van der Waals surface area contributed by atoms with Crippen molar-refractivity contribution in [2.75, 3.05) is 30.9 Å². The van der Waals surface area contributed by atoms with Crippen LogP contribution in [0.15, 0.2) is 42.5 Å². The summed E-state index contributed by atoms with van der Waals surface area (Å²) in [5.41, 5.74) is 4.87. The minimum atomic E-state index is -0.744. The Labute approximate surface area is 143 Å². The zero-order valence-corrected chi connectivity index (χ0v) is 14.6. The maximum absolute atomic E-state index is 11.9. The maximum atomic E-state index is 11.9. The van der Waals surface area contributed by atoms with Crippen LogP contribution >= 0.6 is 0 Å². The number of urea groups is 1. The molecule has 5 nitrogen and oxygen atoms in total. The van der Waals surface area contributed by atoms with Crippen molar-refractivity contribution < 1.29 is 9.90 Å². The van der Waals surface area contributed by atoms with Crippen molar-refractivity contribution in [2.24, 2.45) is 0 Å². The van der Waals surface area contributed by atoms with Gasteiger partial charge in [0.05, 0.1) is 6.10 Å². The summed E-state index contributed by atoms with van der Waals surface area (Å²) in [6.45, 7) is 4.18. The quantitative estimate of drug-likeness (QED) is 0.790. The largest absolute Gasteiger partial charge is 0.387 e. The normalized spacial score (nSPS) is 11.7. The van der Waals surface area contributed by atoms with Gasteiger partial charge < -0.3 is 20.6 Å². The van der Waals surface area contributed by atoms with Crippen LogP contribution in [0.25, 0.3) is 0 Å². The number of nitrogens with one attached hydrogen (secondary N) is 2. The van der Waals surface area contributed by atoms with Gasteiger partial charge in [0.2, 0.25) is 0 Å². The summed E-state index contributed by atoms with van der Waals surface area (Å²) < 4.78 is 0. The molecule has 0 saturated heterocycles. The minimum Gasteiger partial charge on any atom is -0.387 e. The summed E-state index contributed by atoms with van der Waals surface area (Å²) in [6, 6.07) is 13.0. The van der Waals surface area contributed by atoms with Gasteiger partial charge in [-0.15, -0.1) is 0 Å². The van der Waals surface area contributed by atoms with Gasteiger partial charge in [-0.1, -0.05) is 18.2 Å². The molecule has 2 aromatic rings. The number of aliphatic hydroxyl groups excluding tert-OH is 1. The molecule has 0 aliphatic rings. The first-order valence-electron chi connectivity index (χ1n) is 7.94. The molecule has 2 aromatic carbocycles. The summed E-state index contributed by atoms with van der Waals surface area (Å²) in [7, 11) is 3.92. The average molecular weight is 327 g/mol. The molecule has 1 unspecified atom stereocenters. The highest BCUT2D eigenvalue weighted by Gasteiger charge is 2.10. The molecule has 0 aromatic heterocycles. The number of rotatable bonds is 5. The second-order valence-electron chi connectivity index (χ2n) is 6.14. The molecular formula is C19H25N3O2. The minimum absolute atomic E-state index is 0.151. The summed E-state index contributed by atoms with van der Waals surface area (Å²) in [4.78, 5) is 13.9. The molecule has 2 amide bonds. The van der Waals surface area contributed by atoms with Crippen molar-refractivity contribution in [2.45, 2.75) is 20.0 Å². The van der Waals surface area contributed by atoms with E-state index in [1.807, 2.05) is 75.3 Å². The van der Waals surface area contributed by atoms with Gasteiger partial charge in [0.1, 0.15) is 0 Å². The lowest BCUT2D eigenvalue weighted by Crippen LogP contribution is -2.32. The lowest BCUT2D eigenvalue weighted by Gasteiger charge is -2.16. The van der Waals surface area contributed by atoms with Crippen molar-refractivity contribution in [1.82, 2.24) is 5.32 Å². The van der Waals surface area contributed by atoms with Crippen LogP contribution in [-0.2, 0) is 0 Å². The van der Waals surface area contributed by atoms with Gasteiger partial charge in [-0.05, 0) is 54.8 Å². The van der Waals surface area contributed by atoms with Crippen molar-refractivity contribution in [3.8, 4) is 0 Å². The zero-order valence-electron chi connectivity index (χ0n) is 14.6. The van der Waals surface area contributed by atoms with E-state index in [0.717, 1.165) is 22.5 Å². The third kappa shape index (κ3) is 4.73. The Morgan fingerprint density at radius 1 is 1.08 bits per heavy atom. The Kier molecular flexibility index (Phi) is 5.82. The average Bonchev–Trinajstić information content (AvgIpc) is 2.56. The number of carbonyl (C=O) groups is 1. The number of aliphatic hydroxyl groups is 1. The van der Waals surface area contributed by atoms with E-state index in [1.165, 1.54) is 5.56 Å². The van der Waals surface area contributed by atoms with Crippen LogP contribution in [0.3, 0.4) is 0 Å². The highest BCUT2D eigenvalue weighted by Crippen LogP contribution is 2.18. The van der Waals surface area contributed by atoms with Gasteiger partial charge in [0.25, 0.3) is 0 Å². The molecule has 0 radical (unpaired) electrons. The van der Waals surface area contributed by atoms with Gasteiger partial charge in [-0.3, -0.25) is 0 Å². The van der Waals surface area contributed by atoms with Crippen molar-refractivity contribution in [3.05, 3.63) is 59.2 Å². The number of hydrogen-bond acceptors (Lipinski definition) is 3. The molecule has 5 heteroatoms. The standard InChI is InChI=1S/C19H25N3O2/c1-13-5-8-16(11-14(13)2)21-19(24)20-12-18(23)15-6-9-17(10-7-15)22(3)4/h5-11,18,23H,12H2,1-4H3,(H2,20,21,24). The Bertz CT molecular complexity index is 696. The molecule has 0 fully saturated rings. The Morgan fingerprint density at radius 3 is 2.33 bits per heavy atom. The predicted octanol–water partition coefficient (Wildman–Crippen LogP) is 3.22. The third-order valence-corrected chi connectivity index (χ3v) is 4.02. The third-order valence-electron chi connectivity index (χ3n) is 4.02. The monoisotopic (exact) mass is 327 g/mol. The molecule has 0 saturated carbocycles. The highest BCUT2D eigenvalue weighted by molar-refractivity contribution is 5.89. The van der Waals surface area contributed by atoms with Crippen LogP contribution < -0.4 is 15.5 Å². The maximum Gasteiger partial charge on any atom is 0.319 e. The number of hydrogen-bond donors (Lipinski definition) is 3. The van der Waals surface area contributed by atoms with E-state index >= 15 is 0 Å². The van der Waals surface area contributed by atoms with E-state index in [0.29, 0.717) is 0 Å². The predicted molar refractivity (Wildman–Crippen MR) is 98.7 cm³/mol. The number of aryl methyl sites for hydroxylation is 2. The smallest absolute Gasteiger partial charge is 0.319 e. The Balaban J connectivity index is 1.87. The summed E-state index contributed by atoms with van der Waals surface area (Å²) in [5, 5.41) is 15.7. The number of benzene rings is 2. The van der Waals surface area contributed by atoms with E-state index in [9.17, 15) is 9.90 Å². The highest BCUT2D eigenvalue weighted by atomic mass is 16.3. The van der Waals surface area contributed by atoms with Crippen molar-refractivity contribution in [3.63, 3.8) is 0 Å². The second-order valence-corrected chi connectivity index (χ2v) is 6.14. The molecule has 1 atom stereocenters. The fraction of sp³-hybridized carbons (Fsp3) is 0.316. The molecule has 128 valence electrons. The summed E-state index contributed by atoms with van der Waals surface area (Å²) >= 11 is 0. The van der Waals surface area contributed by atoms with Crippen LogP contribution in [-0.4, -0.2) is 31.8 Å². The molecule has 0 aliphatic carbocycles. The molecule has 24 heavy (non-hydrogen) atoms. The molecule has 0 heterocycles. The molecule has 2 rings (SSSR count). The van der Waals surface area contributed by atoms with Crippen LogP contribution in [0, 0.1) is 13.8 Å². The first kappa shape index (κ1) is 17.8. The Morgan fingerprint density at radius 2 is 1.75 bits per heavy atom. The zero-order chi connectivity index (χ0) is 17.7. The fourth-order valence-corrected chi connectivity index (χ4v) is 2.30. The number of anilines is 2. The first-order chi connectivity index (χ1) is 11.4. The first-order valence-corrected chi connectivity index (χ1v) is 7.94. The lowest BCUT2D eigenvalue weighted by atomic mass is 10.1. The van der Waals surface area contributed by atoms with E-state index < -0.39 is 6.10 Å². The van der Waals surface area contributed by atoms with Gasteiger partial charge in [-0.2, -0.15) is 0 Å². The van der Waals surface area contributed by atoms with Crippen LogP contribution in [0.4, 0.5) is 16.2 Å². The number of nitrogens with zero attached hydrogens (tertiary/aromatic N) is 1. The van der Waals surface area contributed by atoms with Gasteiger partial charge >= 0.3 is 6.03 Å². The number of amides is 2. The van der Waals surface area contributed by atoms with E-state index in [4.69, 9.17) is 0 Å². The topological polar surface area (TPSA) is 64.6 Å². The number of carbonyl (C=O) groups excluding carboxylic acids is 1. The molecule has 3 N–H and O–H groups in total. The SMILES string of the molecule is Cc1ccc(NC(=O)NCC(O)c2ccc(N(C)C)cc2)cc1C. The molecule has 0 aliphatic heterocycles. The van der Waals surface area contributed by atoms with E-state index in [-0.39, 0.29) is 12.6 Å². The van der Waals surface area contributed by atoms with Crippen LogP contribution in [0.1, 0.15) is 22.8 Å². The van der Waals surface area contributed by atoms with Gasteiger partial charge in [0.15, 0.2) is 0 Å². The lowest BCUT2D eigenvalue weighted by molar-refractivity contribution is 0.175. The van der Waals surface area contributed by atoms with Gasteiger partial charge in [-0.25, -0.2) is 4.79 Å².